The van der Waals surface area contributed by atoms with E-state index in [0.717, 1.165) is 6.42 Å². The number of hydrogen-bond donors (Lipinski definition) is 3. The molecule has 3 N–H and O–H groups in total. The minimum absolute atomic E-state index is 0.132. The highest BCUT2D eigenvalue weighted by Crippen LogP contribution is 2.20. The SMILES string of the molecule is CCCCC/C=C/CO[C@@H]1[C@H]([C@@H](O)CO)OC[C@H]1O. The highest BCUT2D eigenvalue weighted by Gasteiger charge is 2.40. The Morgan fingerprint density at radius 2 is 2.16 bits per heavy atom. The maximum absolute atomic E-state index is 9.71. The molecule has 0 spiro atoms. The van der Waals surface area contributed by atoms with Crippen LogP contribution in [0.5, 0.6) is 0 Å². The van der Waals surface area contributed by atoms with Gasteiger partial charge in [-0.15, -0.1) is 0 Å². The van der Waals surface area contributed by atoms with Crippen molar-refractivity contribution in [3.63, 3.8) is 0 Å². The fourth-order valence-electron chi connectivity index (χ4n) is 2.12. The van der Waals surface area contributed by atoms with Crippen molar-refractivity contribution in [3.8, 4) is 0 Å². The largest absolute Gasteiger partial charge is 0.394 e. The first-order valence-corrected chi connectivity index (χ1v) is 7.05. The Balaban J connectivity index is 2.25. The first-order valence-electron chi connectivity index (χ1n) is 7.05. The molecule has 5 nitrogen and oxygen atoms in total. The molecule has 112 valence electrons. The molecule has 1 aliphatic rings. The summed E-state index contributed by atoms with van der Waals surface area (Å²) < 4.78 is 10.8. The van der Waals surface area contributed by atoms with Gasteiger partial charge in [-0.2, -0.15) is 0 Å². The van der Waals surface area contributed by atoms with Crippen LogP contribution in [0.3, 0.4) is 0 Å². The van der Waals surface area contributed by atoms with Crippen LogP contribution in [0, 0.1) is 0 Å². The molecule has 1 saturated heterocycles. The standard InChI is InChI=1S/C14H26O5/c1-2-3-4-5-6-7-8-18-14-12(17)10-19-13(14)11(16)9-15/h6-7,11-17H,2-5,8-10H2,1H3/b7-6+/t11-,12+,13-,14-/m0/s1. The van der Waals surface area contributed by atoms with E-state index in [1.165, 1.54) is 19.3 Å². The van der Waals surface area contributed by atoms with Crippen LogP contribution in [0.2, 0.25) is 0 Å². The van der Waals surface area contributed by atoms with Gasteiger partial charge in [-0.25, -0.2) is 0 Å². The Kier molecular flexibility index (Phi) is 8.25. The van der Waals surface area contributed by atoms with Crippen molar-refractivity contribution in [2.24, 2.45) is 0 Å². The van der Waals surface area contributed by atoms with Crippen molar-refractivity contribution >= 4 is 0 Å². The summed E-state index contributed by atoms with van der Waals surface area (Å²) in [5.74, 6) is 0. The highest BCUT2D eigenvalue weighted by molar-refractivity contribution is 4.90. The molecule has 0 saturated carbocycles. The third kappa shape index (κ3) is 5.58. The molecule has 1 aliphatic heterocycles. The average molecular weight is 274 g/mol. The molecular weight excluding hydrogens is 248 g/mol. The lowest BCUT2D eigenvalue weighted by Gasteiger charge is -2.23. The van der Waals surface area contributed by atoms with Crippen molar-refractivity contribution < 1.29 is 24.8 Å². The van der Waals surface area contributed by atoms with Crippen LogP contribution in [0.4, 0.5) is 0 Å². The van der Waals surface area contributed by atoms with Crippen molar-refractivity contribution in [1.29, 1.82) is 0 Å². The van der Waals surface area contributed by atoms with E-state index >= 15 is 0 Å². The van der Waals surface area contributed by atoms with Gasteiger partial charge < -0.3 is 24.8 Å². The molecule has 0 aliphatic carbocycles. The lowest BCUT2D eigenvalue weighted by Crippen LogP contribution is -2.42. The topological polar surface area (TPSA) is 79.2 Å². The highest BCUT2D eigenvalue weighted by atomic mass is 16.6. The molecule has 19 heavy (non-hydrogen) atoms. The normalized spacial score (nSPS) is 29.2. The lowest BCUT2D eigenvalue weighted by atomic mass is 10.1. The molecule has 4 atom stereocenters. The van der Waals surface area contributed by atoms with Crippen molar-refractivity contribution in [2.75, 3.05) is 19.8 Å². The van der Waals surface area contributed by atoms with Gasteiger partial charge in [0.2, 0.25) is 0 Å². The summed E-state index contributed by atoms with van der Waals surface area (Å²) in [5, 5.41) is 28.2. The molecule has 5 heteroatoms. The lowest BCUT2D eigenvalue weighted by molar-refractivity contribution is -0.0879. The Morgan fingerprint density at radius 3 is 2.84 bits per heavy atom. The fourth-order valence-corrected chi connectivity index (χ4v) is 2.12. The summed E-state index contributed by atoms with van der Waals surface area (Å²) in [6, 6.07) is 0. The summed E-state index contributed by atoms with van der Waals surface area (Å²) in [6.07, 6.45) is 5.61. The van der Waals surface area contributed by atoms with E-state index in [0.29, 0.717) is 6.61 Å². The Hall–Kier alpha value is -0.460. The van der Waals surface area contributed by atoms with E-state index < -0.39 is 31.0 Å². The minimum atomic E-state index is -1.02. The van der Waals surface area contributed by atoms with Gasteiger partial charge in [-0.3, -0.25) is 0 Å². The van der Waals surface area contributed by atoms with Gasteiger partial charge in [-0.05, 0) is 12.8 Å². The molecule has 1 rings (SSSR count). The molecule has 0 aromatic rings. The Bertz CT molecular complexity index is 256. The maximum Gasteiger partial charge on any atom is 0.115 e. The number of ether oxygens (including phenoxy) is 2. The van der Waals surface area contributed by atoms with E-state index in [-0.39, 0.29) is 6.61 Å². The van der Waals surface area contributed by atoms with Crippen molar-refractivity contribution in [1.82, 2.24) is 0 Å². The maximum atomic E-state index is 9.71. The van der Waals surface area contributed by atoms with Crippen LogP contribution >= 0.6 is 0 Å². The summed E-state index contributed by atoms with van der Waals surface area (Å²) in [6.45, 7) is 2.28. The quantitative estimate of drug-likeness (QED) is 0.424. The van der Waals surface area contributed by atoms with E-state index in [9.17, 15) is 10.2 Å². The zero-order chi connectivity index (χ0) is 14.1. The van der Waals surface area contributed by atoms with Crippen LogP contribution in [-0.4, -0.2) is 59.6 Å². The van der Waals surface area contributed by atoms with Crippen LogP contribution < -0.4 is 0 Å². The Morgan fingerprint density at radius 1 is 1.37 bits per heavy atom. The summed E-state index contributed by atoms with van der Waals surface area (Å²) in [5.41, 5.74) is 0. The third-order valence-corrected chi connectivity index (χ3v) is 3.25. The molecule has 1 fully saturated rings. The average Bonchev–Trinajstić information content (AvgIpc) is 2.78. The molecular formula is C14H26O5. The van der Waals surface area contributed by atoms with Gasteiger partial charge in [0, 0.05) is 0 Å². The number of unbranched alkanes of at least 4 members (excludes halogenated alkanes) is 3. The minimum Gasteiger partial charge on any atom is -0.394 e. The molecule has 0 aromatic carbocycles. The monoisotopic (exact) mass is 274 g/mol. The van der Waals surface area contributed by atoms with Gasteiger partial charge in [0.15, 0.2) is 0 Å². The van der Waals surface area contributed by atoms with Crippen molar-refractivity contribution in [2.45, 2.75) is 57.0 Å². The third-order valence-electron chi connectivity index (χ3n) is 3.25. The zero-order valence-electron chi connectivity index (χ0n) is 11.6. The van der Waals surface area contributed by atoms with Gasteiger partial charge in [0.1, 0.15) is 24.4 Å². The predicted octanol–water partition coefficient (Wildman–Crippen LogP) is 0.621. The van der Waals surface area contributed by atoms with Gasteiger partial charge in [0.05, 0.1) is 19.8 Å². The molecule has 0 aromatic heterocycles. The van der Waals surface area contributed by atoms with Gasteiger partial charge in [-0.1, -0.05) is 31.9 Å². The van der Waals surface area contributed by atoms with E-state index in [4.69, 9.17) is 14.6 Å². The summed E-state index contributed by atoms with van der Waals surface area (Å²) in [7, 11) is 0. The smallest absolute Gasteiger partial charge is 0.115 e. The summed E-state index contributed by atoms with van der Waals surface area (Å²) >= 11 is 0. The van der Waals surface area contributed by atoms with Crippen molar-refractivity contribution in [3.05, 3.63) is 12.2 Å². The van der Waals surface area contributed by atoms with E-state index in [1.54, 1.807) is 0 Å². The number of hydrogen-bond acceptors (Lipinski definition) is 5. The van der Waals surface area contributed by atoms with E-state index in [1.807, 2.05) is 6.08 Å². The Labute approximate surface area is 114 Å². The summed E-state index contributed by atoms with van der Waals surface area (Å²) in [4.78, 5) is 0. The second-order valence-corrected chi connectivity index (χ2v) is 4.88. The number of allylic oxidation sites excluding steroid dienone is 1. The second kappa shape index (κ2) is 9.44. The molecule has 0 bridgehead atoms. The first kappa shape index (κ1) is 16.6. The number of rotatable bonds is 9. The number of aliphatic hydroxyl groups is 3. The van der Waals surface area contributed by atoms with Crippen LogP contribution in [-0.2, 0) is 9.47 Å². The second-order valence-electron chi connectivity index (χ2n) is 4.88. The molecule has 1 heterocycles. The predicted molar refractivity (Wildman–Crippen MR) is 71.9 cm³/mol. The molecule has 0 unspecified atom stereocenters. The molecule has 0 radical (unpaired) electrons. The molecule has 0 amide bonds. The first-order chi connectivity index (χ1) is 9.20. The van der Waals surface area contributed by atoms with Crippen LogP contribution in [0.25, 0.3) is 0 Å². The zero-order valence-corrected chi connectivity index (χ0v) is 11.6. The fraction of sp³-hybridized carbons (Fsp3) is 0.857. The van der Waals surface area contributed by atoms with Gasteiger partial charge in [0.25, 0.3) is 0 Å². The number of aliphatic hydroxyl groups excluding tert-OH is 3. The van der Waals surface area contributed by atoms with E-state index in [2.05, 4.69) is 13.0 Å². The van der Waals surface area contributed by atoms with Crippen LogP contribution in [0.1, 0.15) is 32.6 Å². The van der Waals surface area contributed by atoms with Gasteiger partial charge >= 0.3 is 0 Å². The van der Waals surface area contributed by atoms with Crippen LogP contribution in [0.15, 0.2) is 12.2 Å².